The fourth-order valence-electron chi connectivity index (χ4n) is 4.56. The summed E-state index contributed by atoms with van der Waals surface area (Å²) in [7, 11) is 0. The van der Waals surface area contributed by atoms with Crippen molar-refractivity contribution in [1.29, 1.82) is 0 Å². The molecule has 222 valence electrons. The Morgan fingerprint density at radius 3 is 2.39 bits per heavy atom. The summed E-state index contributed by atoms with van der Waals surface area (Å²) < 4.78 is 63.9. The Balaban J connectivity index is 1.37. The number of alkyl halides is 3. The van der Waals surface area contributed by atoms with Gasteiger partial charge in [-0.3, -0.25) is 4.79 Å². The zero-order chi connectivity index (χ0) is 30.8. The van der Waals surface area contributed by atoms with Crippen molar-refractivity contribution in [3.63, 3.8) is 0 Å². The molecular formula is C29H18ClF4N7O3. The van der Waals surface area contributed by atoms with E-state index in [2.05, 4.69) is 30.5 Å². The summed E-state index contributed by atoms with van der Waals surface area (Å²) in [6.07, 6.45) is -1.69. The number of aromatic nitrogens is 7. The van der Waals surface area contributed by atoms with Crippen LogP contribution in [0.25, 0.3) is 28.3 Å². The summed E-state index contributed by atoms with van der Waals surface area (Å²) in [5, 5.41) is 19.9. The molecule has 0 N–H and O–H groups in total. The summed E-state index contributed by atoms with van der Waals surface area (Å²) in [4.78, 5) is 13.6. The Morgan fingerprint density at radius 1 is 0.932 bits per heavy atom. The van der Waals surface area contributed by atoms with Gasteiger partial charge < -0.3 is 13.7 Å². The van der Waals surface area contributed by atoms with E-state index in [0.29, 0.717) is 33.0 Å². The van der Waals surface area contributed by atoms with E-state index in [1.54, 1.807) is 42.6 Å². The van der Waals surface area contributed by atoms with E-state index in [-0.39, 0.29) is 18.2 Å². The highest BCUT2D eigenvalue weighted by Gasteiger charge is 2.31. The fourth-order valence-corrected chi connectivity index (χ4v) is 4.73. The number of benzene rings is 3. The second-order valence-corrected chi connectivity index (χ2v) is 9.88. The van der Waals surface area contributed by atoms with Crippen molar-refractivity contribution in [2.24, 2.45) is 0 Å². The van der Waals surface area contributed by atoms with Gasteiger partial charge >= 0.3 is 6.36 Å². The van der Waals surface area contributed by atoms with Crippen molar-refractivity contribution in [1.82, 2.24) is 35.0 Å². The van der Waals surface area contributed by atoms with Crippen LogP contribution in [0.15, 0.2) is 101 Å². The third kappa shape index (κ3) is 6.34. The van der Waals surface area contributed by atoms with Crippen LogP contribution in [0.3, 0.4) is 0 Å². The van der Waals surface area contributed by atoms with E-state index >= 15 is 0 Å². The SMILES string of the molecule is O=c1cc(-c2cc(Cl)ccc2-n2cnnn2)ccn1[C@H](Cc1ccc(F)cc1)c1nnc(-c2ccc(OC(F)(F)F)cc2)o1. The Labute approximate surface area is 250 Å². The van der Waals surface area contributed by atoms with Gasteiger partial charge in [-0.05, 0) is 82.2 Å². The lowest BCUT2D eigenvalue weighted by molar-refractivity contribution is -0.274. The summed E-state index contributed by atoms with van der Waals surface area (Å²) in [6, 6.07) is 18.0. The first kappa shape index (κ1) is 28.7. The van der Waals surface area contributed by atoms with E-state index in [4.69, 9.17) is 16.0 Å². The molecule has 1 atom stereocenters. The monoisotopic (exact) mass is 623 g/mol. The van der Waals surface area contributed by atoms with Crippen LogP contribution in [0, 0.1) is 5.82 Å². The molecule has 0 spiro atoms. The van der Waals surface area contributed by atoms with E-state index in [1.165, 1.54) is 45.9 Å². The number of tetrazole rings is 1. The first-order valence-corrected chi connectivity index (χ1v) is 13.2. The smallest absolute Gasteiger partial charge is 0.418 e. The van der Waals surface area contributed by atoms with Gasteiger partial charge in [0.05, 0.1) is 5.69 Å². The van der Waals surface area contributed by atoms with Gasteiger partial charge in [-0.2, -0.15) is 4.68 Å². The van der Waals surface area contributed by atoms with E-state index in [0.717, 1.165) is 12.1 Å². The highest BCUT2D eigenvalue weighted by Crippen LogP contribution is 2.31. The zero-order valence-electron chi connectivity index (χ0n) is 22.2. The Morgan fingerprint density at radius 2 is 1.70 bits per heavy atom. The van der Waals surface area contributed by atoms with Crippen LogP contribution in [0.4, 0.5) is 17.6 Å². The fraction of sp³-hybridized carbons (Fsp3) is 0.103. The molecular weight excluding hydrogens is 606 g/mol. The van der Waals surface area contributed by atoms with Crippen LogP contribution in [-0.4, -0.2) is 41.3 Å². The highest BCUT2D eigenvalue weighted by molar-refractivity contribution is 6.31. The third-order valence-corrected chi connectivity index (χ3v) is 6.79. The van der Waals surface area contributed by atoms with Gasteiger partial charge in [0.25, 0.3) is 5.56 Å². The molecule has 0 saturated carbocycles. The molecule has 6 aromatic rings. The minimum atomic E-state index is -4.84. The molecule has 0 aliphatic carbocycles. The lowest BCUT2D eigenvalue weighted by Crippen LogP contribution is -2.26. The third-order valence-electron chi connectivity index (χ3n) is 6.55. The Bertz CT molecular complexity index is 1960. The normalized spacial score (nSPS) is 12.3. The van der Waals surface area contributed by atoms with Crippen LogP contribution in [0.1, 0.15) is 17.5 Å². The minimum Gasteiger partial charge on any atom is -0.418 e. The standard InChI is InChI=1S/C29H18ClF4N7O3/c30-20-5-10-24(41-16-35-38-39-41)23(15-20)19-11-12-40(26(42)14-19)25(13-17-1-6-21(31)7-2-17)28-37-36-27(43-28)18-3-8-22(9-4-18)44-29(32,33)34/h1-12,14-16,25H,13H2/t25-/m1/s1. The van der Waals surface area contributed by atoms with Crippen molar-refractivity contribution in [2.75, 3.05) is 0 Å². The quantitative estimate of drug-likeness (QED) is 0.188. The van der Waals surface area contributed by atoms with Crippen LogP contribution < -0.4 is 10.3 Å². The van der Waals surface area contributed by atoms with Crippen LogP contribution in [0.5, 0.6) is 5.75 Å². The van der Waals surface area contributed by atoms with Crippen LogP contribution >= 0.6 is 11.6 Å². The first-order valence-electron chi connectivity index (χ1n) is 12.8. The van der Waals surface area contributed by atoms with Gasteiger partial charge in [0.1, 0.15) is 23.9 Å². The lowest BCUT2D eigenvalue weighted by atomic mass is 10.0. The topological polar surface area (TPSA) is 114 Å². The predicted octanol–water partition coefficient (Wildman–Crippen LogP) is 6.06. The van der Waals surface area contributed by atoms with Gasteiger partial charge in [0.15, 0.2) is 0 Å². The molecule has 3 aromatic heterocycles. The molecule has 0 fully saturated rings. The average molecular weight is 624 g/mol. The Kier molecular flexibility index (Phi) is 7.66. The molecule has 0 bridgehead atoms. The maximum absolute atomic E-state index is 13.6. The summed E-state index contributed by atoms with van der Waals surface area (Å²) in [5.74, 6) is -0.779. The molecule has 0 saturated heterocycles. The second-order valence-electron chi connectivity index (χ2n) is 9.44. The van der Waals surface area contributed by atoms with Gasteiger partial charge in [-0.25, -0.2) is 4.39 Å². The number of ether oxygens (including phenoxy) is 1. The molecule has 44 heavy (non-hydrogen) atoms. The second kappa shape index (κ2) is 11.7. The summed E-state index contributed by atoms with van der Waals surface area (Å²) >= 11 is 6.27. The summed E-state index contributed by atoms with van der Waals surface area (Å²) in [5.41, 5.74) is 2.31. The molecule has 3 aromatic carbocycles. The van der Waals surface area contributed by atoms with Crippen molar-refractivity contribution in [2.45, 2.75) is 18.8 Å². The number of pyridine rings is 1. The molecule has 0 unspecified atom stereocenters. The van der Waals surface area contributed by atoms with Crippen molar-refractivity contribution >= 4 is 11.6 Å². The maximum atomic E-state index is 13.6. The number of halogens is 5. The van der Waals surface area contributed by atoms with Gasteiger partial charge in [0, 0.05) is 34.8 Å². The van der Waals surface area contributed by atoms with Gasteiger partial charge in [-0.15, -0.1) is 28.5 Å². The number of hydrogen-bond acceptors (Lipinski definition) is 8. The molecule has 0 aliphatic heterocycles. The summed E-state index contributed by atoms with van der Waals surface area (Å²) in [6.45, 7) is 0. The molecule has 3 heterocycles. The molecule has 10 nitrogen and oxygen atoms in total. The number of nitrogens with zero attached hydrogens (tertiary/aromatic N) is 7. The van der Waals surface area contributed by atoms with Crippen molar-refractivity contribution in [3.8, 4) is 34.0 Å². The zero-order valence-corrected chi connectivity index (χ0v) is 22.9. The molecule has 0 aliphatic rings. The molecule has 0 radical (unpaired) electrons. The Hall–Kier alpha value is -5.37. The van der Waals surface area contributed by atoms with Crippen molar-refractivity contribution in [3.05, 3.63) is 124 Å². The maximum Gasteiger partial charge on any atom is 0.573 e. The van der Waals surface area contributed by atoms with Crippen LogP contribution in [0.2, 0.25) is 5.02 Å². The van der Waals surface area contributed by atoms with Gasteiger partial charge in [-0.1, -0.05) is 23.7 Å². The van der Waals surface area contributed by atoms with E-state index in [1.807, 2.05) is 0 Å². The van der Waals surface area contributed by atoms with E-state index in [9.17, 15) is 22.4 Å². The molecule has 6 rings (SSSR count). The lowest BCUT2D eigenvalue weighted by Gasteiger charge is -2.18. The molecule has 0 amide bonds. The number of hydrogen-bond donors (Lipinski definition) is 0. The minimum absolute atomic E-state index is 0.0114. The first-order chi connectivity index (χ1) is 21.1. The average Bonchev–Trinajstić information content (AvgIpc) is 3.70. The number of rotatable bonds is 8. The van der Waals surface area contributed by atoms with Gasteiger partial charge in [0.2, 0.25) is 11.8 Å². The predicted molar refractivity (Wildman–Crippen MR) is 149 cm³/mol. The highest BCUT2D eigenvalue weighted by atomic mass is 35.5. The van der Waals surface area contributed by atoms with E-state index < -0.39 is 29.5 Å². The van der Waals surface area contributed by atoms with Crippen molar-refractivity contribution < 1.29 is 26.7 Å². The largest absolute Gasteiger partial charge is 0.573 e. The van der Waals surface area contributed by atoms with Crippen LogP contribution in [-0.2, 0) is 6.42 Å². The molecule has 15 heteroatoms.